The molecule has 2 aliphatic rings. The van der Waals surface area contributed by atoms with Gasteiger partial charge in [-0.1, -0.05) is 30.3 Å². The van der Waals surface area contributed by atoms with Crippen LogP contribution in [-0.4, -0.2) is 42.9 Å². The van der Waals surface area contributed by atoms with Crippen molar-refractivity contribution in [1.29, 1.82) is 0 Å². The predicted octanol–water partition coefficient (Wildman–Crippen LogP) is 2.43. The zero-order chi connectivity index (χ0) is 17.6. The largest absolute Gasteiger partial charge is 0.325 e. The van der Waals surface area contributed by atoms with E-state index in [0.29, 0.717) is 11.3 Å². The fourth-order valence-electron chi connectivity index (χ4n) is 3.68. The minimum absolute atomic E-state index is 0.0437. The summed E-state index contributed by atoms with van der Waals surface area (Å²) in [5, 5.41) is 0. The molecule has 2 aliphatic heterocycles. The number of urea groups is 1. The van der Waals surface area contributed by atoms with Gasteiger partial charge in [-0.3, -0.25) is 4.90 Å². The monoisotopic (exact) mass is 360 g/mol. The Morgan fingerprint density at radius 1 is 1.00 bits per heavy atom. The van der Waals surface area contributed by atoms with Crippen molar-refractivity contribution >= 4 is 21.6 Å². The molecule has 2 aromatic rings. The average Bonchev–Trinajstić information content (AvgIpc) is 3.00. The van der Waals surface area contributed by atoms with E-state index in [1.54, 1.807) is 34.1 Å². The summed E-state index contributed by atoms with van der Waals surface area (Å²) in [5.74, 6) is -0.473. The number of rotatable bonds is 3. The smallest absolute Gasteiger partial charge is 0.314 e. The van der Waals surface area contributed by atoms with Gasteiger partial charge in [0, 0.05) is 12.2 Å². The third-order valence-corrected chi connectivity index (χ3v) is 6.45. The van der Waals surface area contributed by atoms with Crippen LogP contribution in [0, 0.1) is 5.82 Å². The SMILES string of the molecule is O=C1N(Cc2cccc(F)c2)[C@@H]2CS(=O)(=O)C[C@@H]2N1c1ccccc1. The minimum Gasteiger partial charge on any atom is -0.314 e. The van der Waals surface area contributed by atoms with E-state index in [-0.39, 0.29) is 29.9 Å². The van der Waals surface area contributed by atoms with Crippen molar-refractivity contribution in [3.63, 3.8) is 0 Å². The maximum Gasteiger partial charge on any atom is 0.325 e. The lowest BCUT2D eigenvalue weighted by Gasteiger charge is -2.22. The van der Waals surface area contributed by atoms with Crippen molar-refractivity contribution in [2.24, 2.45) is 0 Å². The van der Waals surface area contributed by atoms with Gasteiger partial charge in [0.2, 0.25) is 0 Å². The number of carbonyl (C=O) groups excluding carboxylic acids is 1. The first-order valence-electron chi connectivity index (χ1n) is 8.04. The topological polar surface area (TPSA) is 57.7 Å². The number of fused-ring (bicyclic) bond motifs is 1. The Labute approximate surface area is 145 Å². The van der Waals surface area contributed by atoms with E-state index < -0.39 is 21.9 Å². The van der Waals surface area contributed by atoms with E-state index in [0.717, 1.165) is 0 Å². The Kier molecular flexibility index (Phi) is 3.76. The van der Waals surface area contributed by atoms with Crippen LogP contribution in [0.2, 0.25) is 0 Å². The number of nitrogens with zero attached hydrogens (tertiary/aromatic N) is 2. The molecular formula is C18H17FN2O3S. The first-order valence-corrected chi connectivity index (χ1v) is 9.86. The molecule has 0 bridgehead atoms. The van der Waals surface area contributed by atoms with Gasteiger partial charge >= 0.3 is 6.03 Å². The van der Waals surface area contributed by atoms with E-state index in [2.05, 4.69) is 0 Å². The van der Waals surface area contributed by atoms with Crippen LogP contribution in [0.15, 0.2) is 54.6 Å². The van der Waals surface area contributed by atoms with Gasteiger partial charge in [0.15, 0.2) is 9.84 Å². The Morgan fingerprint density at radius 2 is 1.72 bits per heavy atom. The molecule has 2 atom stereocenters. The maximum absolute atomic E-state index is 13.5. The number of carbonyl (C=O) groups is 1. The Balaban J connectivity index is 1.71. The summed E-state index contributed by atoms with van der Waals surface area (Å²) in [7, 11) is -3.21. The number of hydrogen-bond acceptors (Lipinski definition) is 3. The normalized spacial score (nSPS) is 24.6. The highest BCUT2D eigenvalue weighted by molar-refractivity contribution is 7.91. The lowest BCUT2D eigenvalue weighted by atomic mass is 10.1. The second-order valence-electron chi connectivity index (χ2n) is 6.46. The first-order chi connectivity index (χ1) is 11.9. The van der Waals surface area contributed by atoms with Gasteiger partial charge in [0.1, 0.15) is 5.82 Å². The standard InChI is InChI=1S/C18H17FN2O3S/c19-14-6-4-5-13(9-14)10-20-16-11-25(23,24)12-17(16)21(18(20)22)15-7-2-1-3-8-15/h1-9,16-17H,10-12H2/t16-,17+/m1/s1. The molecule has 4 rings (SSSR count). The van der Waals surface area contributed by atoms with Crippen LogP contribution < -0.4 is 4.90 Å². The molecule has 0 saturated carbocycles. The summed E-state index contributed by atoms with van der Waals surface area (Å²) in [6.45, 7) is 0.191. The third kappa shape index (κ3) is 2.89. The van der Waals surface area contributed by atoms with Crippen molar-refractivity contribution in [3.8, 4) is 0 Å². The predicted molar refractivity (Wildman–Crippen MR) is 92.5 cm³/mol. The van der Waals surface area contributed by atoms with Crippen molar-refractivity contribution in [2.45, 2.75) is 18.6 Å². The van der Waals surface area contributed by atoms with Crippen LogP contribution in [0.3, 0.4) is 0 Å². The number of benzene rings is 2. The molecule has 0 N–H and O–H groups in total. The summed E-state index contributed by atoms with van der Waals surface area (Å²) in [5.41, 5.74) is 1.33. The molecule has 0 radical (unpaired) electrons. The molecule has 25 heavy (non-hydrogen) atoms. The van der Waals surface area contributed by atoms with E-state index in [4.69, 9.17) is 0 Å². The number of amides is 2. The molecule has 0 spiro atoms. The molecule has 2 saturated heterocycles. The highest BCUT2D eigenvalue weighted by atomic mass is 32.2. The number of para-hydroxylation sites is 1. The van der Waals surface area contributed by atoms with Crippen LogP contribution in [0.4, 0.5) is 14.9 Å². The summed E-state index contributed by atoms with van der Waals surface area (Å²) < 4.78 is 37.8. The first kappa shape index (κ1) is 16.1. The summed E-state index contributed by atoms with van der Waals surface area (Å²) in [6, 6.07) is 14.0. The molecule has 5 nitrogen and oxygen atoms in total. The second kappa shape index (κ2) is 5.84. The van der Waals surface area contributed by atoms with Crippen LogP contribution in [-0.2, 0) is 16.4 Å². The van der Waals surface area contributed by atoms with E-state index in [9.17, 15) is 17.6 Å². The number of sulfone groups is 1. The molecule has 7 heteroatoms. The molecular weight excluding hydrogens is 343 g/mol. The zero-order valence-corrected chi connectivity index (χ0v) is 14.2. The molecule has 0 aromatic heterocycles. The van der Waals surface area contributed by atoms with Crippen LogP contribution in [0.1, 0.15) is 5.56 Å². The molecule has 2 fully saturated rings. The summed E-state index contributed by atoms with van der Waals surface area (Å²) in [4.78, 5) is 16.1. The van der Waals surface area contributed by atoms with Gasteiger partial charge in [-0.25, -0.2) is 17.6 Å². The fraction of sp³-hybridized carbons (Fsp3) is 0.278. The van der Waals surface area contributed by atoms with Crippen molar-refractivity contribution < 1.29 is 17.6 Å². The van der Waals surface area contributed by atoms with Crippen LogP contribution >= 0.6 is 0 Å². The molecule has 2 aromatic carbocycles. The van der Waals surface area contributed by atoms with Gasteiger partial charge in [0.25, 0.3) is 0 Å². The summed E-state index contributed by atoms with van der Waals surface area (Å²) in [6.07, 6.45) is 0. The average molecular weight is 360 g/mol. The second-order valence-corrected chi connectivity index (χ2v) is 8.61. The molecule has 0 unspecified atom stereocenters. The number of halogens is 1. The van der Waals surface area contributed by atoms with Gasteiger partial charge in [-0.05, 0) is 29.8 Å². The number of hydrogen-bond donors (Lipinski definition) is 0. The van der Waals surface area contributed by atoms with Gasteiger partial charge in [0.05, 0.1) is 23.6 Å². The molecule has 130 valence electrons. The van der Waals surface area contributed by atoms with E-state index >= 15 is 0 Å². The van der Waals surface area contributed by atoms with Gasteiger partial charge in [-0.15, -0.1) is 0 Å². The lowest BCUT2D eigenvalue weighted by molar-refractivity contribution is 0.206. The zero-order valence-electron chi connectivity index (χ0n) is 13.4. The minimum atomic E-state index is -3.21. The van der Waals surface area contributed by atoms with Crippen LogP contribution in [0.5, 0.6) is 0 Å². The molecule has 2 heterocycles. The van der Waals surface area contributed by atoms with E-state index in [1.165, 1.54) is 12.1 Å². The Hall–Kier alpha value is -2.41. The van der Waals surface area contributed by atoms with Crippen molar-refractivity contribution in [2.75, 3.05) is 16.4 Å². The molecule has 2 amide bonds. The Bertz CT molecular complexity index is 917. The highest BCUT2D eigenvalue weighted by Crippen LogP contribution is 2.35. The van der Waals surface area contributed by atoms with Crippen molar-refractivity contribution in [1.82, 2.24) is 4.90 Å². The maximum atomic E-state index is 13.5. The van der Waals surface area contributed by atoms with Crippen LogP contribution in [0.25, 0.3) is 0 Å². The lowest BCUT2D eigenvalue weighted by Crippen LogP contribution is -2.37. The molecule has 0 aliphatic carbocycles. The number of anilines is 1. The van der Waals surface area contributed by atoms with E-state index in [1.807, 2.05) is 18.2 Å². The van der Waals surface area contributed by atoms with Crippen molar-refractivity contribution in [3.05, 3.63) is 66.0 Å². The fourth-order valence-corrected chi connectivity index (χ4v) is 5.63. The Morgan fingerprint density at radius 3 is 2.44 bits per heavy atom. The highest BCUT2D eigenvalue weighted by Gasteiger charge is 2.53. The van der Waals surface area contributed by atoms with Gasteiger partial charge in [-0.2, -0.15) is 0 Å². The summed E-state index contributed by atoms with van der Waals surface area (Å²) >= 11 is 0. The third-order valence-electron chi connectivity index (χ3n) is 4.75. The quantitative estimate of drug-likeness (QED) is 0.790. The van der Waals surface area contributed by atoms with Gasteiger partial charge < -0.3 is 4.90 Å².